The number of nitrogens with zero attached hydrogens (tertiary/aromatic N) is 1. The summed E-state index contributed by atoms with van der Waals surface area (Å²) >= 11 is 5.51. The second-order valence-electron chi connectivity index (χ2n) is 3.46. The zero-order valence-electron chi connectivity index (χ0n) is 8.30. The zero-order valence-corrected chi connectivity index (χ0v) is 9.06. The van der Waals surface area contributed by atoms with Gasteiger partial charge >= 0.3 is 0 Å². The molecule has 1 fully saturated rings. The molecule has 1 unspecified atom stereocenters. The fraction of sp³-hybridized carbons (Fsp3) is 0.800. The zero-order chi connectivity index (χ0) is 9.52. The van der Waals surface area contributed by atoms with Gasteiger partial charge in [0.2, 0.25) is 0 Å². The normalized spacial score (nSPS) is 24.6. The van der Waals surface area contributed by atoms with E-state index < -0.39 is 0 Å². The fourth-order valence-corrected chi connectivity index (χ4v) is 1.93. The summed E-state index contributed by atoms with van der Waals surface area (Å²) < 4.78 is 0. The van der Waals surface area contributed by atoms with Crippen LogP contribution in [-0.4, -0.2) is 37.1 Å². The van der Waals surface area contributed by atoms with Crippen molar-refractivity contribution in [3.8, 4) is 0 Å². The Morgan fingerprint density at radius 2 is 2.46 bits per heavy atom. The topological polar surface area (TPSA) is 15.3 Å². The van der Waals surface area contributed by atoms with Gasteiger partial charge in [-0.05, 0) is 25.9 Å². The molecule has 1 N–H and O–H groups in total. The standard InChI is InChI=1S/C10H19ClN2/c1-2-12-9-10-5-3-7-13(10)8-4-6-11/h4,6,10,12H,2-3,5,7-9H2,1H3/b6-4+. The van der Waals surface area contributed by atoms with Crippen molar-refractivity contribution in [1.29, 1.82) is 0 Å². The number of hydrogen-bond donors (Lipinski definition) is 1. The number of rotatable bonds is 5. The van der Waals surface area contributed by atoms with E-state index in [2.05, 4.69) is 17.1 Å². The Kier molecular flexibility index (Phi) is 5.44. The molecule has 1 aliphatic rings. The van der Waals surface area contributed by atoms with Crippen LogP contribution in [0.3, 0.4) is 0 Å². The van der Waals surface area contributed by atoms with Crippen molar-refractivity contribution in [2.75, 3.05) is 26.2 Å². The van der Waals surface area contributed by atoms with Gasteiger partial charge in [0.05, 0.1) is 0 Å². The first kappa shape index (κ1) is 11.0. The van der Waals surface area contributed by atoms with Crippen molar-refractivity contribution < 1.29 is 0 Å². The highest BCUT2D eigenvalue weighted by atomic mass is 35.5. The molecule has 0 spiro atoms. The predicted octanol–water partition coefficient (Wildman–Crippen LogP) is 1.81. The van der Waals surface area contributed by atoms with Gasteiger partial charge in [-0.15, -0.1) is 0 Å². The molecule has 1 aliphatic heterocycles. The second kappa shape index (κ2) is 6.41. The van der Waals surface area contributed by atoms with Crippen molar-refractivity contribution in [3.63, 3.8) is 0 Å². The van der Waals surface area contributed by atoms with Crippen LogP contribution in [0.5, 0.6) is 0 Å². The molecular weight excluding hydrogens is 184 g/mol. The van der Waals surface area contributed by atoms with Crippen LogP contribution >= 0.6 is 11.6 Å². The molecule has 1 rings (SSSR count). The molecule has 0 saturated carbocycles. The van der Waals surface area contributed by atoms with E-state index in [1.807, 2.05) is 6.08 Å². The van der Waals surface area contributed by atoms with Crippen LogP contribution in [0.4, 0.5) is 0 Å². The lowest BCUT2D eigenvalue weighted by Crippen LogP contribution is -2.37. The summed E-state index contributed by atoms with van der Waals surface area (Å²) in [4.78, 5) is 2.49. The summed E-state index contributed by atoms with van der Waals surface area (Å²) in [5, 5.41) is 3.40. The molecule has 0 aromatic heterocycles. The smallest absolute Gasteiger partial charge is 0.0224 e. The minimum Gasteiger partial charge on any atom is -0.315 e. The van der Waals surface area contributed by atoms with E-state index in [-0.39, 0.29) is 0 Å². The van der Waals surface area contributed by atoms with E-state index in [0.717, 1.165) is 19.6 Å². The summed E-state index contributed by atoms with van der Waals surface area (Å²) in [6.45, 7) is 6.55. The van der Waals surface area contributed by atoms with E-state index in [9.17, 15) is 0 Å². The number of likely N-dealkylation sites (tertiary alicyclic amines) is 1. The maximum atomic E-state index is 5.51. The van der Waals surface area contributed by atoms with Crippen molar-refractivity contribution in [1.82, 2.24) is 10.2 Å². The molecule has 0 bridgehead atoms. The summed E-state index contributed by atoms with van der Waals surface area (Å²) in [6, 6.07) is 0.716. The van der Waals surface area contributed by atoms with Crippen molar-refractivity contribution >= 4 is 11.6 Å². The van der Waals surface area contributed by atoms with Crippen LogP contribution in [0, 0.1) is 0 Å². The molecule has 1 heterocycles. The Balaban J connectivity index is 2.26. The first-order valence-corrected chi connectivity index (χ1v) is 5.52. The third-order valence-electron chi connectivity index (χ3n) is 2.56. The van der Waals surface area contributed by atoms with E-state index in [0.29, 0.717) is 6.04 Å². The molecule has 0 aromatic carbocycles. The van der Waals surface area contributed by atoms with Crippen LogP contribution in [0.15, 0.2) is 11.6 Å². The monoisotopic (exact) mass is 202 g/mol. The lowest BCUT2D eigenvalue weighted by atomic mass is 10.2. The third-order valence-corrected chi connectivity index (χ3v) is 2.74. The van der Waals surface area contributed by atoms with Gasteiger partial charge in [0.15, 0.2) is 0 Å². The van der Waals surface area contributed by atoms with Gasteiger partial charge < -0.3 is 5.32 Å². The van der Waals surface area contributed by atoms with E-state index in [4.69, 9.17) is 11.6 Å². The molecule has 76 valence electrons. The molecule has 13 heavy (non-hydrogen) atoms. The number of likely N-dealkylation sites (N-methyl/N-ethyl adjacent to an activating group) is 1. The van der Waals surface area contributed by atoms with E-state index in [1.165, 1.54) is 19.4 Å². The molecule has 0 radical (unpaired) electrons. The lowest BCUT2D eigenvalue weighted by Gasteiger charge is -2.22. The van der Waals surface area contributed by atoms with Crippen molar-refractivity contribution in [2.24, 2.45) is 0 Å². The van der Waals surface area contributed by atoms with Crippen LogP contribution in [0.25, 0.3) is 0 Å². The number of nitrogens with one attached hydrogen (secondary N) is 1. The molecular formula is C10H19ClN2. The molecule has 3 heteroatoms. The molecule has 1 atom stereocenters. The van der Waals surface area contributed by atoms with E-state index in [1.54, 1.807) is 5.54 Å². The van der Waals surface area contributed by atoms with Crippen LogP contribution < -0.4 is 5.32 Å². The summed E-state index contributed by atoms with van der Waals surface area (Å²) in [6.07, 6.45) is 4.67. The van der Waals surface area contributed by atoms with E-state index >= 15 is 0 Å². The molecule has 0 aliphatic carbocycles. The van der Waals surface area contributed by atoms with Gasteiger partial charge in [-0.25, -0.2) is 0 Å². The minimum atomic E-state index is 0.716. The van der Waals surface area contributed by atoms with Crippen LogP contribution in [-0.2, 0) is 0 Å². The molecule has 2 nitrogen and oxygen atoms in total. The predicted molar refractivity (Wildman–Crippen MR) is 58.1 cm³/mol. The highest BCUT2D eigenvalue weighted by Gasteiger charge is 2.22. The third kappa shape index (κ3) is 3.67. The highest BCUT2D eigenvalue weighted by molar-refractivity contribution is 6.25. The average Bonchev–Trinajstić information content (AvgIpc) is 2.59. The van der Waals surface area contributed by atoms with Crippen molar-refractivity contribution in [2.45, 2.75) is 25.8 Å². The largest absolute Gasteiger partial charge is 0.315 e. The number of hydrogen-bond acceptors (Lipinski definition) is 2. The van der Waals surface area contributed by atoms with Gasteiger partial charge in [-0.3, -0.25) is 4.90 Å². The summed E-state index contributed by atoms with van der Waals surface area (Å²) in [5.74, 6) is 0. The van der Waals surface area contributed by atoms with Gasteiger partial charge in [-0.2, -0.15) is 0 Å². The summed E-state index contributed by atoms with van der Waals surface area (Å²) in [7, 11) is 0. The second-order valence-corrected chi connectivity index (χ2v) is 3.71. The Morgan fingerprint density at radius 3 is 3.15 bits per heavy atom. The fourth-order valence-electron chi connectivity index (χ4n) is 1.85. The maximum absolute atomic E-state index is 5.51. The van der Waals surface area contributed by atoms with Crippen molar-refractivity contribution in [3.05, 3.63) is 11.6 Å². The van der Waals surface area contributed by atoms with Gasteiger partial charge in [0, 0.05) is 24.7 Å². The SMILES string of the molecule is CCNCC1CCCN1C/C=C/Cl. The Bertz CT molecular complexity index is 159. The van der Waals surface area contributed by atoms with Gasteiger partial charge in [0.25, 0.3) is 0 Å². The summed E-state index contributed by atoms with van der Waals surface area (Å²) in [5.41, 5.74) is 1.61. The lowest BCUT2D eigenvalue weighted by molar-refractivity contribution is 0.274. The number of halogens is 1. The Hall–Kier alpha value is -0.0500. The first-order chi connectivity index (χ1) is 6.38. The highest BCUT2D eigenvalue weighted by Crippen LogP contribution is 2.15. The minimum absolute atomic E-state index is 0.716. The van der Waals surface area contributed by atoms with Crippen LogP contribution in [0.1, 0.15) is 19.8 Å². The van der Waals surface area contributed by atoms with Gasteiger partial charge in [0.1, 0.15) is 0 Å². The van der Waals surface area contributed by atoms with Gasteiger partial charge in [-0.1, -0.05) is 24.6 Å². The molecule has 1 saturated heterocycles. The Morgan fingerprint density at radius 1 is 1.62 bits per heavy atom. The maximum Gasteiger partial charge on any atom is 0.0224 e. The molecule has 0 aromatic rings. The quantitative estimate of drug-likeness (QED) is 0.732. The Labute approximate surface area is 85.9 Å². The first-order valence-electron chi connectivity index (χ1n) is 5.08. The average molecular weight is 203 g/mol. The molecule has 0 amide bonds. The van der Waals surface area contributed by atoms with Crippen LogP contribution in [0.2, 0.25) is 0 Å².